The normalized spacial score (nSPS) is 25.2. The minimum Gasteiger partial charge on any atom is -0.481 e. The van der Waals surface area contributed by atoms with Gasteiger partial charge in [0, 0.05) is 11.7 Å². The van der Waals surface area contributed by atoms with E-state index in [1.165, 1.54) is 0 Å². The van der Waals surface area contributed by atoms with Gasteiger partial charge in [-0.15, -0.1) is 0 Å². The largest absolute Gasteiger partial charge is 0.481 e. The zero-order chi connectivity index (χ0) is 16.5. The van der Waals surface area contributed by atoms with Crippen LogP contribution in [0.1, 0.15) is 68.5 Å². The van der Waals surface area contributed by atoms with Gasteiger partial charge in [-0.3, -0.25) is 14.3 Å². The second kappa shape index (κ2) is 6.10. The summed E-state index contributed by atoms with van der Waals surface area (Å²) in [6.07, 6.45) is 4.69. The SMILES string of the molecule is Cc1c(C(=O)NC2(C)CCCCC2C(=O)O)cnn1C(C)C. The highest BCUT2D eigenvalue weighted by atomic mass is 16.4. The number of hydrogen-bond acceptors (Lipinski definition) is 3. The van der Waals surface area contributed by atoms with Gasteiger partial charge in [0.15, 0.2) is 0 Å². The van der Waals surface area contributed by atoms with Crippen LogP contribution >= 0.6 is 0 Å². The van der Waals surface area contributed by atoms with Crippen molar-refractivity contribution in [2.45, 2.75) is 65.0 Å². The van der Waals surface area contributed by atoms with E-state index in [4.69, 9.17) is 0 Å². The number of nitrogens with one attached hydrogen (secondary N) is 1. The van der Waals surface area contributed by atoms with E-state index in [0.29, 0.717) is 18.4 Å². The van der Waals surface area contributed by atoms with E-state index in [0.717, 1.165) is 18.5 Å². The number of carboxylic acid groups (broad SMARTS) is 1. The molecule has 0 aromatic carbocycles. The maximum atomic E-state index is 12.6. The number of carbonyl (C=O) groups excluding carboxylic acids is 1. The van der Waals surface area contributed by atoms with Crippen LogP contribution in [0, 0.1) is 12.8 Å². The number of rotatable bonds is 4. The van der Waals surface area contributed by atoms with Crippen LogP contribution in [0.4, 0.5) is 0 Å². The fraction of sp³-hybridized carbons (Fsp3) is 0.688. The van der Waals surface area contributed by atoms with Gasteiger partial charge in [-0.2, -0.15) is 5.10 Å². The standard InChI is InChI=1S/C16H25N3O3/c1-10(2)19-11(3)12(9-17-19)14(20)18-16(4)8-6-5-7-13(16)15(21)22/h9-10,13H,5-8H2,1-4H3,(H,18,20)(H,21,22). The summed E-state index contributed by atoms with van der Waals surface area (Å²) in [7, 11) is 0. The van der Waals surface area contributed by atoms with Gasteiger partial charge in [0.05, 0.1) is 23.2 Å². The summed E-state index contributed by atoms with van der Waals surface area (Å²) in [5.41, 5.74) is 0.622. The highest BCUT2D eigenvalue weighted by Gasteiger charge is 2.42. The number of aliphatic carboxylic acids is 1. The molecular weight excluding hydrogens is 282 g/mol. The molecule has 0 spiro atoms. The second-order valence-electron chi connectivity index (χ2n) is 6.69. The lowest BCUT2D eigenvalue weighted by atomic mass is 9.73. The van der Waals surface area contributed by atoms with Crippen molar-refractivity contribution in [2.24, 2.45) is 5.92 Å². The van der Waals surface area contributed by atoms with Gasteiger partial charge in [0.2, 0.25) is 0 Å². The van der Waals surface area contributed by atoms with Crippen LogP contribution in [0.5, 0.6) is 0 Å². The molecular formula is C16H25N3O3. The first kappa shape index (κ1) is 16.5. The van der Waals surface area contributed by atoms with Crippen molar-refractivity contribution >= 4 is 11.9 Å². The first-order valence-corrected chi connectivity index (χ1v) is 7.85. The van der Waals surface area contributed by atoms with E-state index in [1.807, 2.05) is 27.7 Å². The lowest BCUT2D eigenvalue weighted by Crippen LogP contribution is -2.55. The number of amides is 1. The van der Waals surface area contributed by atoms with E-state index in [1.54, 1.807) is 10.9 Å². The maximum Gasteiger partial charge on any atom is 0.308 e. The molecule has 1 aromatic rings. The molecule has 1 fully saturated rings. The van der Waals surface area contributed by atoms with Crippen LogP contribution in [-0.2, 0) is 4.79 Å². The van der Waals surface area contributed by atoms with Crippen LogP contribution in [0.25, 0.3) is 0 Å². The third kappa shape index (κ3) is 3.00. The molecule has 1 aromatic heterocycles. The molecule has 1 aliphatic carbocycles. The van der Waals surface area contributed by atoms with Gasteiger partial charge < -0.3 is 10.4 Å². The molecule has 6 heteroatoms. The lowest BCUT2D eigenvalue weighted by molar-refractivity contribution is -0.145. The molecule has 6 nitrogen and oxygen atoms in total. The highest BCUT2D eigenvalue weighted by molar-refractivity contribution is 5.96. The van der Waals surface area contributed by atoms with Crippen molar-refractivity contribution in [1.29, 1.82) is 0 Å². The summed E-state index contributed by atoms with van der Waals surface area (Å²) < 4.78 is 1.80. The third-order valence-electron chi connectivity index (χ3n) is 4.68. The summed E-state index contributed by atoms with van der Waals surface area (Å²) in [6.45, 7) is 7.71. The van der Waals surface area contributed by atoms with Gasteiger partial charge in [-0.25, -0.2) is 0 Å². The Kier molecular flexibility index (Phi) is 4.58. The lowest BCUT2D eigenvalue weighted by Gasteiger charge is -2.39. The Morgan fingerprint density at radius 3 is 2.68 bits per heavy atom. The molecule has 1 aliphatic rings. The Labute approximate surface area is 130 Å². The third-order valence-corrected chi connectivity index (χ3v) is 4.68. The average Bonchev–Trinajstić information content (AvgIpc) is 2.80. The van der Waals surface area contributed by atoms with Crippen molar-refractivity contribution in [3.63, 3.8) is 0 Å². The van der Waals surface area contributed by atoms with Gasteiger partial charge >= 0.3 is 5.97 Å². The van der Waals surface area contributed by atoms with Crippen molar-refractivity contribution in [2.75, 3.05) is 0 Å². The Morgan fingerprint density at radius 1 is 1.45 bits per heavy atom. The van der Waals surface area contributed by atoms with E-state index < -0.39 is 17.4 Å². The summed E-state index contributed by atoms with van der Waals surface area (Å²) in [4.78, 5) is 24.1. The molecule has 0 bridgehead atoms. The molecule has 0 radical (unpaired) electrons. The zero-order valence-corrected chi connectivity index (χ0v) is 13.7. The van der Waals surface area contributed by atoms with Gasteiger partial charge in [0.1, 0.15) is 0 Å². The topological polar surface area (TPSA) is 84.2 Å². The molecule has 0 aliphatic heterocycles. The van der Waals surface area contributed by atoms with E-state index in [-0.39, 0.29) is 11.9 Å². The van der Waals surface area contributed by atoms with Crippen molar-refractivity contribution in [1.82, 2.24) is 15.1 Å². The summed E-state index contributed by atoms with van der Waals surface area (Å²) in [5, 5.41) is 16.6. The smallest absolute Gasteiger partial charge is 0.308 e. The fourth-order valence-electron chi connectivity index (χ4n) is 3.37. The van der Waals surface area contributed by atoms with Gasteiger partial charge in [-0.05, 0) is 40.5 Å². The van der Waals surface area contributed by atoms with Crippen LogP contribution in [0.2, 0.25) is 0 Å². The number of carboxylic acids is 1. The molecule has 2 unspecified atom stereocenters. The van der Waals surface area contributed by atoms with Crippen LogP contribution < -0.4 is 5.32 Å². The molecule has 1 saturated carbocycles. The van der Waals surface area contributed by atoms with E-state index in [9.17, 15) is 14.7 Å². The summed E-state index contributed by atoms with van der Waals surface area (Å²) >= 11 is 0. The quantitative estimate of drug-likeness (QED) is 0.895. The number of aromatic nitrogens is 2. The monoisotopic (exact) mass is 307 g/mol. The number of carbonyl (C=O) groups is 2. The molecule has 2 atom stereocenters. The molecule has 1 amide bonds. The van der Waals surface area contributed by atoms with Gasteiger partial charge in [-0.1, -0.05) is 12.8 Å². The Hall–Kier alpha value is -1.85. The predicted molar refractivity (Wildman–Crippen MR) is 82.8 cm³/mol. The Morgan fingerprint density at radius 2 is 2.14 bits per heavy atom. The Balaban J connectivity index is 2.21. The molecule has 2 N–H and O–H groups in total. The van der Waals surface area contributed by atoms with Crippen LogP contribution in [0.3, 0.4) is 0 Å². The van der Waals surface area contributed by atoms with Crippen LogP contribution in [-0.4, -0.2) is 32.3 Å². The average molecular weight is 307 g/mol. The van der Waals surface area contributed by atoms with Gasteiger partial charge in [0.25, 0.3) is 5.91 Å². The first-order chi connectivity index (χ1) is 10.3. The molecule has 122 valence electrons. The predicted octanol–water partition coefficient (Wildman–Crippen LogP) is 2.54. The van der Waals surface area contributed by atoms with Crippen molar-refractivity contribution in [3.8, 4) is 0 Å². The second-order valence-corrected chi connectivity index (χ2v) is 6.69. The van der Waals surface area contributed by atoms with Crippen molar-refractivity contribution < 1.29 is 14.7 Å². The highest BCUT2D eigenvalue weighted by Crippen LogP contribution is 2.34. The maximum absolute atomic E-state index is 12.6. The zero-order valence-electron chi connectivity index (χ0n) is 13.7. The van der Waals surface area contributed by atoms with Crippen LogP contribution in [0.15, 0.2) is 6.20 Å². The number of nitrogens with zero attached hydrogens (tertiary/aromatic N) is 2. The fourth-order valence-corrected chi connectivity index (χ4v) is 3.37. The van der Waals surface area contributed by atoms with Crippen molar-refractivity contribution in [3.05, 3.63) is 17.5 Å². The summed E-state index contributed by atoms with van der Waals surface area (Å²) in [5.74, 6) is -1.61. The minimum atomic E-state index is -0.836. The number of hydrogen-bond donors (Lipinski definition) is 2. The minimum absolute atomic E-state index is 0.179. The first-order valence-electron chi connectivity index (χ1n) is 7.85. The molecule has 0 saturated heterocycles. The molecule has 1 heterocycles. The molecule has 2 rings (SSSR count). The van der Waals surface area contributed by atoms with E-state index in [2.05, 4.69) is 10.4 Å². The summed E-state index contributed by atoms with van der Waals surface area (Å²) in [6, 6.07) is 0.179. The Bertz CT molecular complexity index is 579. The molecule has 22 heavy (non-hydrogen) atoms. The van der Waals surface area contributed by atoms with E-state index >= 15 is 0 Å².